The second kappa shape index (κ2) is 5.23. The lowest BCUT2D eigenvalue weighted by molar-refractivity contribution is 0.529. The van der Waals surface area contributed by atoms with Crippen LogP contribution in [0.3, 0.4) is 0 Å². The maximum Gasteiger partial charge on any atom is 0.355 e. The van der Waals surface area contributed by atoms with Crippen LogP contribution in [0.4, 0.5) is 4.39 Å². The average molecular weight is 339 g/mol. The van der Waals surface area contributed by atoms with Crippen LogP contribution in [0.1, 0.15) is 0 Å². The van der Waals surface area contributed by atoms with Gasteiger partial charge in [-0.25, -0.2) is 17.6 Å². The van der Waals surface area contributed by atoms with E-state index in [0.717, 1.165) is 18.2 Å². The summed E-state index contributed by atoms with van der Waals surface area (Å²) in [6, 6.07) is 10.4. The highest BCUT2D eigenvalue weighted by Gasteiger charge is 2.26. The molecule has 1 heterocycles. The largest absolute Gasteiger partial charge is 0.422 e. The molecule has 0 N–H and O–H groups in total. The highest BCUT2D eigenvalue weighted by molar-refractivity contribution is 7.91. The lowest BCUT2D eigenvalue weighted by Crippen LogP contribution is -2.15. The van der Waals surface area contributed by atoms with Gasteiger partial charge in [-0.1, -0.05) is 23.7 Å². The number of halogens is 2. The van der Waals surface area contributed by atoms with Crippen molar-refractivity contribution in [2.75, 3.05) is 0 Å². The van der Waals surface area contributed by atoms with E-state index in [0.29, 0.717) is 10.4 Å². The molecule has 112 valence electrons. The number of sulfone groups is 1. The Hall–Kier alpha value is -2.18. The van der Waals surface area contributed by atoms with Crippen molar-refractivity contribution in [1.82, 2.24) is 0 Å². The van der Waals surface area contributed by atoms with Gasteiger partial charge in [0.05, 0.1) is 0 Å². The molecule has 0 saturated heterocycles. The van der Waals surface area contributed by atoms with Crippen molar-refractivity contribution >= 4 is 32.4 Å². The van der Waals surface area contributed by atoms with Crippen LogP contribution in [0.5, 0.6) is 0 Å². The van der Waals surface area contributed by atoms with Crippen LogP contribution in [-0.2, 0) is 9.84 Å². The van der Waals surface area contributed by atoms with Crippen LogP contribution >= 0.6 is 11.6 Å². The summed E-state index contributed by atoms with van der Waals surface area (Å²) < 4.78 is 43.7. The van der Waals surface area contributed by atoms with E-state index < -0.39 is 31.1 Å². The third-order valence-electron chi connectivity index (χ3n) is 3.08. The van der Waals surface area contributed by atoms with E-state index in [9.17, 15) is 17.6 Å². The molecule has 0 spiro atoms. The van der Waals surface area contributed by atoms with E-state index in [1.807, 2.05) is 0 Å². The van der Waals surface area contributed by atoms with Gasteiger partial charge in [0.1, 0.15) is 16.3 Å². The maximum atomic E-state index is 13.7. The van der Waals surface area contributed by atoms with Crippen LogP contribution in [0, 0.1) is 5.82 Å². The molecule has 1 aromatic heterocycles. The molecule has 0 aliphatic heterocycles. The van der Waals surface area contributed by atoms with Crippen LogP contribution < -0.4 is 5.63 Å². The van der Waals surface area contributed by atoms with Crippen molar-refractivity contribution in [2.24, 2.45) is 0 Å². The summed E-state index contributed by atoms with van der Waals surface area (Å²) in [6.45, 7) is 0. The molecular weight excluding hydrogens is 331 g/mol. The van der Waals surface area contributed by atoms with Crippen molar-refractivity contribution in [3.8, 4) is 0 Å². The summed E-state index contributed by atoms with van der Waals surface area (Å²) in [4.78, 5) is 10.7. The van der Waals surface area contributed by atoms with Crippen molar-refractivity contribution in [1.29, 1.82) is 0 Å². The number of rotatable bonds is 2. The molecule has 0 unspecified atom stereocenters. The van der Waals surface area contributed by atoms with E-state index >= 15 is 0 Å². The molecule has 0 saturated carbocycles. The second-order valence-corrected chi connectivity index (χ2v) is 6.84. The van der Waals surface area contributed by atoms with Gasteiger partial charge < -0.3 is 4.42 Å². The number of hydrogen-bond acceptors (Lipinski definition) is 4. The number of fused-ring (bicyclic) bond motifs is 1. The molecule has 7 heteroatoms. The molecular formula is C15H8ClFO4S. The lowest BCUT2D eigenvalue weighted by atomic mass is 10.2. The molecule has 2 aromatic carbocycles. The lowest BCUT2D eigenvalue weighted by Gasteiger charge is -2.05. The highest BCUT2D eigenvalue weighted by Crippen LogP contribution is 2.25. The van der Waals surface area contributed by atoms with Gasteiger partial charge in [-0.15, -0.1) is 0 Å². The van der Waals surface area contributed by atoms with Crippen molar-refractivity contribution in [3.05, 3.63) is 69.8 Å². The van der Waals surface area contributed by atoms with Crippen LogP contribution in [0.2, 0.25) is 5.02 Å². The van der Waals surface area contributed by atoms with E-state index in [-0.39, 0.29) is 5.58 Å². The number of hydrogen-bond donors (Lipinski definition) is 0. The molecule has 22 heavy (non-hydrogen) atoms. The fourth-order valence-corrected chi connectivity index (χ4v) is 3.59. The molecule has 0 bridgehead atoms. The molecule has 0 aliphatic carbocycles. The first-order chi connectivity index (χ1) is 10.4. The summed E-state index contributed by atoms with van der Waals surface area (Å²) >= 11 is 5.84. The molecule has 0 fully saturated rings. The summed E-state index contributed by atoms with van der Waals surface area (Å²) in [5.41, 5.74) is -0.861. The molecule has 4 nitrogen and oxygen atoms in total. The molecule has 3 rings (SSSR count). The Morgan fingerprint density at radius 2 is 1.73 bits per heavy atom. The third kappa shape index (κ3) is 2.40. The standard InChI is InChI=1S/C15H8ClFO4S/c16-10-5-6-12-9(7-10)8-14(15(18)21-12)22(19,20)13-4-2-1-3-11(13)17/h1-8H. The monoisotopic (exact) mass is 338 g/mol. The van der Waals surface area contributed by atoms with Gasteiger partial charge in [0.25, 0.3) is 0 Å². The predicted molar refractivity (Wildman–Crippen MR) is 79.3 cm³/mol. The van der Waals surface area contributed by atoms with Gasteiger partial charge in [0.2, 0.25) is 9.84 Å². The van der Waals surface area contributed by atoms with Crippen molar-refractivity contribution in [3.63, 3.8) is 0 Å². The molecule has 0 atom stereocenters. The zero-order valence-corrected chi connectivity index (χ0v) is 12.5. The van der Waals surface area contributed by atoms with Gasteiger partial charge in [-0.2, -0.15) is 0 Å². The minimum atomic E-state index is -4.33. The summed E-state index contributed by atoms with van der Waals surface area (Å²) in [5, 5.41) is 0.692. The molecule has 0 amide bonds. The Labute approximate surface area is 129 Å². The van der Waals surface area contributed by atoms with Crippen LogP contribution in [0.25, 0.3) is 11.0 Å². The van der Waals surface area contributed by atoms with Gasteiger partial charge in [0, 0.05) is 10.4 Å². The minimum Gasteiger partial charge on any atom is -0.422 e. The highest BCUT2D eigenvalue weighted by atomic mass is 35.5. The minimum absolute atomic E-state index is 0.196. The zero-order valence-electron chi connectivity index (χ0n) is 10.9. The Kier molecular flexibility index (Phi) is 3.50. The molecule has 0 aliphatic rings. The van der Waals surface area contributed by atoms with Gasteiger partial charge >= 0.3 is 5.63 Å². The van der Waals surface area contributed by atoms with Crippen molar-refractivity contribution in [2.45, 2.75) is 9.79 Å². The fraction of sp³-hybridized carbons (Fsp3) is 0. The van der Waals surface area contributed by atoms with E-state index in [2.05, 4.69) is 0 Å². The first-order valence-electron chi connectivity index (χ1n) is 6.12. The zero-order chi connectivity index (χ0) is 15.9. The van der Waals surface area contributed by atoms with Gasteiger partial charge in [0.15, 0.2) is 4.90 Å². The van der Waals surface area contributed by atoms with Crippen LogP contribution in [-0.4, -0.2) is 8.42 Å². The Bertz CT molecular complexity index is 1040. The summed E-state index contributed by atoms with van der Waals surface area (Å²) in [5.74, 6) is -0.937. The van der Waals surface area contributed by atoms with Crippen LogP contribution in [0.15, 0.2) is 67.5 Å². The van der Waals surface area contributed by atoms with Crippen molar-refractivity contribution < 1.29 is 17.2 Å². The topological polar surface area (TPSA) is 64.3 Å². The Morgan fingerprint density at radius 3 is 2.45 bits per heavy atom. The third-order valence-corrected chi connectivity index (χ3v) is 5.09. The number of benzene rings is 2. The SMILES string of the molecule is O=c1oc2ccc(Cl)cc2cc1S(=O)(=O)c1ccccc1F. The Morgan fingerprint density at radius 1 is 1.00 bits per heavy atom. The van der Waals surface area contributed by atoms with E-state index in [1.54, 1.807) is 0 Å². The predicted octanol–water partition coefficient (Wildman–Crippen LogP) is 3.42. The normalized spacial score (nSPS) is 11.7. The quantitative estimate of drug-likeness (QED) is 0.672. The average Bonchev–Trinajstić information content (AvgIpc) is 2.47. The second-order valence-electron chi connectivity index (χ2n) is 4.51. The first kappa shape index (κ1) is 14.7. The van der Waals surface area contributed by atoms with E-state index in [4.69, 9.17) is 16.0 Å². The molecule has 0 radical (unpaired) electrons. The summed E-state index contributed by atoms with van der Waals surface area (Å²) in [7, 11) is -4.33. The fourth-order valence-electron chi connectivity index (χ4n) is 2.04. The Balaban J connectivity index is 2.32. The van der Waals surface area contributed by atoms with E-state index in [1.165, 1.54) is 30.3 Å². The van der Waals surface area contributed by atoms with Gasteiger partial charge in [-0.05, 0) is 36.4 Å². The molecule has 3 aromatic rings. The first-order valence-corrected chi connectivity index (χ1v) is 7.99. The smallest absolute Gasteiger partial charge is 0.355 e. The van der Waals surface area contributed by atoms with Gasteiger partial charge in [-0.3, -0.25) is 0 Å². The maximum absolute atomic E-state index is 13.7. The summed E-state index contributed by atoms with van der Waals surface area (Å²) in [6.07, 6.45) is 0.